The molecule has 0 spiro atoms. The van der Waals surface area contributed by atoms with Gasteiger partial charge in [0.2, 0.25) is 0 Å². The molecule has 0 aromatic heterocycles. The minimum atomic E-state index is -0.629. The molecule has 0 aliphatic rings. The predicted molar refractivity (Wildman–Crippen MR) is 86.2 cm³/mol. The van der Waals surface area contributed by atoms with Gasteiger partial charge in [0.15, 0.2) is 29.0 Å². The Hall–Kier alpha value is -2.84. The number of hydrogen-bond acceptors (Lipinski definition) is 6. The summed E-state index contributed by atoms with van der Waals surface area (Å²) in [5.41, 5.74) is 0.232. The van der Waals surface area contributed by atoms with E-state index in [-0.39, 0.29) is 23.1 Å². The molecule has 0 radical (unpaired) electrons. The zero-order valence-electron chi connectivity index (χ0n) is 14.1. The fourth-order valence-corrected chi connectivity index (χ4v) is 1.79. The summed E-state index contributed by atoms with van der Waals surface area (Å²) in [6.07, 6.45) is 0. The zero-order chi connectivity index (χ0) is 17.6. The van der Waals surface area contributed by atoms with E-state index in [1.165, 1.54) is 33.3 Å². The smallest absolute Gasteiger partial charge is 0.326 e. The second-order valence-electron chi connectivity index (χ2n) is 4.54. The normalized spacial score (nSPS) is 9.65. The Bertz CT molecular complexity index is 559. The first-order chi connectivity index (χ1) is 10.9. The molecule has 0 aliphatic heterocycles. The van der Waals surface area contributed by atoms with Crippen molar-refractivity contribution in [3.05, 3.63) is 6.07 Å². The molecule has 0 aliphatic carbocycles. The monoisotopic (exact) mass is 326 g/mol. The number of ether oxygens (including phenoxy) is 4. The van der Waals surface area contributed by atoms with Crippen LogP contribution in [0.4, 0.5) is 10.5 Å². The van der Waals surface area contributed by atoms with Gasteiger partial charge in [-0.3, -0.25) is 10.7 Å². The van der Waals surface area contributed by atoms with Gasteiger partial charge in [0, 0.05) is 20.2 Å². The molecule has 9 heteroatoms. The van der Waals surface area contributed by atoms with E-state index in [4.69, 9.17) is 24.4 Å². The Morgan fingerprint density at radius 2 is 1.48 bits per heavy atom. The van der Waals surface area contributed by atoms with E-state index in [1.807, 2.05) is 0 Å². The van der Waals surface area contributed by atoms with Crippen LogP contribution in [-0.2, 0) is 0 Å². The van der Waals surface area contributed by atoms with Gasteiger partial charge in [-0.25, -0.2) is 4.79 Å². The van der Waals surface area contributed by atoms with Crippen molar-refractivity contribution in [2.75, 3.05) is 47.9 Å². The molecule has 0 saturated heterocycles. The number of anilines is 1. The SMILES string of the molecule is COc1cc(OC)c(OC)c(NC(=O)NC(=N)N(C)C)c1OC. The molecule has 128 valence electrons. The number of benzene rings is 1. The first-order valence-electron chi connectivity index (χ1n) is 6.60. The maximum Gasteiger partial charge on any atom is 0.326 e. The van der Waals surface area contributed by atoms with Crippen molar-refractivity contribution < 1.29 is 23.7 Å². The minimum Gasteiger partial charge on any atom is -0.493 e. The lowest BCUT2D eigenvalue weighted by atomic mass is 10.2. The third kappa shape index (κ3) is 4.09. The van der Waals surface area contributed by atoms with E-state index in [1.54, 1.807) is 20.2 Å². The molecule has 1 aromatic carbocycles. The Kier molecular flexibility index (Phi) is 6.31. The van der Waals surface area contributed by atoms with Crippen molar-refractivity contribution in [3.8, 4) is 23.0 Å². The summed E-state index contributed by atoms with van der Waals surface area (Å²) in [5, 5.41) is 12.6. The van der Waals surface area contributed by atoms with Crippen molar-refractivity contribution in [1.29, 1.82) is 5.41 Å². The summed E-state index contributed by atoms with van der Waals surface area (Å²) >= 11 is 0. The highest BCUT2D eigenvalue weighted by Gasteiger charge is 2.23. The lowest BCUT2D eigenvalue weighted by molar-refractivity contribution is 0.254. The van der Waals surface area contributed by atoms with E-state index in [0.29, 0.717) is 11.5 Å². The third-order valence-corrected chi connectivity index (χ3v) is 2.93. The van der Waals surface area contributed by atoms with Gasteiger partial charge in [0.25, 0.3) is 0 Å². The first-order valence-corrected chi connectivity index (χ1v) is 6.60. The topological polar surface area (TPSA) is 105 Å². The molecule has 9 nitrogen and oxygen atoms in total. The number of methoxy groups -OCH3 is 4. The molecule has 2 amide bonds. The van der Waals surface area contributed by atoms with Crippen LogP contribution in [0.15, 0.2) is 6.07 Å². The van der Waals surface area contributed by atoms with Crippen LogP contribution in [-0.4, -0.2) is 59.4 Å². The standard InChI is InChI=1S/C14H22N4O5/c1-18(2)13(15)17-14(19)16-10-11(22-5)8(20-3)7-9(21-4)12(10)23-6/h7H,1-6H3,(H3,15,16,17,19). The van der Waals surface area contributed by atoms with Crippen LogP contribution in [0.25, 0.3) is 0 Å². The fraction of sp³-hybridized carbons (Fsp3) is 0.429. The van der Waals surface area contributed by atoms with Crippen LogP contribution in [0.3, 0.4) is 0 Å². The van der Waals surface area contributed by atoms with Crippen molar-refractivity contribution >= 4 is 17.7 Å². The molecule has 0 heterocycles. The highest BCUT2D eigenvalue weighted by molar-refractivity contribution is 6.03. The summed E-state index contributed by atoms with van der Waals surface area (Å²) in [6.45, 7) is 0. The molecule has 0 unspecified atom stereocenters. The maximum absolute atomic E-state index is 12.1. The van der Waals surface area contributed by atoms with E-state index in [0.717, 1.165) is 0 Å². The van der Waals surface area contributed by atoms with Gasteiger partial charge >= 0.3 is 6.03 Å². The molecular formula is C14H22N4O5. The van der Waals surface area contributed by atoms with Crippen molar-refractivity contribution in [1.82, 2.24) is 10.2 Å². The average molecular weight is 326 g/mol. The van der Waals surface area contributed by atoms with Crippen LogP contribution in [0.5, 0.6) is 23.0 Å². The van der Waals surface area contributed by atoms with E-state index >= 15 is 0 Å². The second-order valence-corrected chi connectivity index (χ2v) is 4.54. The van der Waals surface area contributed by atoms with Crippen LogP contribution in [0.2, 0.25) is 0 Å². The van der Waals surface area contributed by atoms with E-state index < -0.39 is 6.03 Å². The lowest BCUT2D eigenvalue weighted by Gasteiger charge is -2.20. The maximum atomic E-state index is 12.1. The Balaban J connectivity index is 3.26. The van der Waals surface area contributed by atoms with Gasteiger partial charge in [-0.2, -0.15) is 0 Å². The highest BCUT2D eigenvalue weighted by Crippen LogP contribution is 2.48. The van der Waals surface area contributed by atoms with Crippen molar-refractivity contribution in [2.45, 2.75) is 0 Å². The molecule has 0 saturated carbocycles. The zero-order valence-corrected chi connectivity index (χ0v) is 14.1. The Morgan fingerprint density at radius 1 is 1.00 bits per heavy atom. The summed E-state index contributed by atoms with van der Waals surface area (Å²) in [7, 11) is 9.09. The van der Waals surface area contributed by atoms with Gasteiger partial charge in [-0.15, -0.1) is 0 Å². The molecule has 3 N–H and O–H groups in total. The number of carbonyl (C=O) groups excluding carboxylic acids is 1. The summed E-state index contributed by atoms with van der Waals surface area (Å²) < 4.78 is 21.1. The molecule has 1 rings (SSSR count). The number of nitrogens with zero attached hydrogens (tertiary/aromatic N) is 1. The first kappa shape index (κ1) is 18.2. The summed E-state index contributed by atoms with van der Waals surface area (Å²) in [5.74, 6) is 1.20. The highest BCUT2D eigenvalue weighted by atomic mass is 16.5. The fourth-order valence-electron chi connectivity index (χ4n) is 1.79. The van der Waals surface area contributed by atoms with Crippen molar-refractivity contribution in [3.63, 3.8) is 0 Å². The third-order valence-electron chi connectivity index (χ3n) is 2.93. The number of guanidine groups is 1. The molecule has 23 heavy (non-hydrogen) atoms. The Morgan fingerprint density at radius 3 is 1.83 bits per heavy atom. The predicted octanol–water partition coefficient (Wildman–Crippen LogP) is 1.34. The summed E-state index contributed by atoms with van der Waals surface area (Å²) in [6, 6.07) is 0.957. The second kappa shape index (κ2) is 7.97. The van der Waals surface area contributed by atoms with Gasteiger partial charge < -0.3 is 29.2 Å². The molecule has 0 atom stereocenters. The number of amides is 2. The molecule has 1 aromatic rings. The van der Waals surface area contributed by atoms with Crippen LogP contribution < -0.4 is 29.6 Å². The van der Waals surface area contributed by atoms with Crippen LogP contribution in [0, 0.1) is 5.41 Å². The van der Waals surface area contributed by atoms with Crippen molar-refractivity contribution in [2.24, 2.45) is 0 Å². The number of rotatable bonds is 5. The molecule has 0 bridgehead atoms. The molecular weight excluding hydrogens is 304 g/mol. The van der Waals surface area contributed by atoms with Crippen LogP contribution >= 0.6 is 0 Å². The lowest BCUT2D eigenvalue weighted by Crippen LogP contribution is -2.41. The van der Waals surface area contributed by atoms with E-state index in [2.05, 4.69) is 10.6 Å². The van der Waals surface area contributed by atoms with Gasteiger partial charge in [-0.05, 0) is 0 Å². The van der Waals surface area contributed by atoms with Gasteiger partial charge in [0.1, 0.15) is 5.69 Å². The quantitative estimate of drug-likeness (QED) is 0.557. The minimum absolute atomic E-state index is 0.0738. The number of urea groups is 1. The average Bonchev–Trinajstić information content (AvgIpc) is 2.53. The largest absolute Gasteiger partial charge is 0.493 e. The number of carbonyl (C=O) groups is 1. The van der Waals surface area contributed by atoms with E-state index in [9.17, 15) is 4.79 Å². The number of nitrogens with one attached hydrogen (secondary N) is 3. The summed E-state index contributed by atoms with van der Waals surface area (Å²) in [4.78, 5) is 13.5. The van der Waals surface area contributed by atoms with Crippen LogP contribution in [0.1, 0.15) is 0 Å². The molecule has 0 fully saturated rings. The number of hydrogen-bond donors (Lipinski definition) is 3. The van der Waals surface area contributed by atoms with Gasteiger partial charge in [-0.1, -0.05) is 0 Å². The Labute approximate surface area is 135 Å². The van der Waals surface area contributed by atoms with Gasteiger partial charge in [0.05, 0.1) is 28.4 Å².